The summed E-state index contributed by atoms with van der Waals surface area (Å²) >= 11 is 0. The molecular weight excluding hydrogens is 268 g/mol. The van der Waals surface area contributed by atoms with E-state index in [2.05, 4.69) is 12.2 Å². The number of fused-ring (bicyclic) bond motifs is 1. The fourth-order valence-electron chi connectivity index (χ4n) is 3.06. The lowest BCUT2D eigenvalue weighted by molar-refractivity contribution is -0.135. The van der Waals surface area contributed by atoms with Crippen LogP contribution in [0.5, 0.6) is 11.5 Å². The van der Waals surface area contributed by atoms with E-state index in [1.165, 1.54) is 0 Å². The van der Waals surface area contributed by atoms with E-state index < -0.39 is 0 Å². The molecule has 0 aliphatic carbocycles. The SMILES string of the molecule is C[C@H]1C[C@@H](C(=O)N(C)Cc2ccc3c(c2)OCO3)CCN1. The van der Waals surface area contributed by atoms with Gasteiger partial charge in [-0.2, -0.15) is 0 Å². The molecule has 1 aromatic rings. The van der Waals surface area contributed by atoms with E-state index in [0.717, 1.165) is 36.4 Å². The average Bonchev–Trinajstić information content (AvgIpc) is 2.94. The Hall–Kier alpha value is -1.75. The molecule has 1 N–H and O–H groups in total. The zero-order valence-electron chi connectivity index (χ0n) is 12.6. The second-order valence-electron chi connectivity index (χ2n) is 5.96. The third-order valence-corrected chi connectivity index (χ3v) is 4.21. The number of hydrogen-bond donors (Lipinski definition) is 1. The second kappa shape index (κ2) is 5.93. The van der Waals surface area contributed by atoms with Crippen molar-refractivity contribution in [2.75, 3.05) is 20.4 Å². The number of hydrogen-bond acceptors (Lipinski definition) is 4. The molecule has 3 rings (SSSR count). The summed E-state index contributed by atoms with van der Waals surface area (Å²) in [7, 11) is 1.87. The van der Waals surface area contributed by atoms with Gasteiger partial charge in [0.2, 0.25) is 12.7 Å². The highest BCUT2D eigenvalue weighted by Gasteiger charge is 2.27. The lowest BCUT2D eigenvalue weighted by atomic mass is 9.92. The minimum atomic E-state index is 0.139. The lowest BCUT2D eigenvalue weighted by Crippen LogP contribution is -2.42. The van der Waals surface area contributed by atoms with Gasteiger partial charge in [-0.1, -0.05) is 6.07 Å². The molecule has 2 aliphatic heterocycles. The lowest BCUT2D eigenvalue weighted by Gasteiger charge is -2.30. The van der Waals surface area contributed by atoms with Crippen molar-refractivity contribution in [3.8, 4) is 11.5 Å². The molecule has 0 unspecified atom stereocenters. The maximum Gasteiger partial charge on any atom is 0.231 e. The Morgan fingerprint density at radius 3 is 3.00 bits per heavy atom. The minimum Gasteiger partial charge on any atom is -0.454 e. The minimum absolute atomic E-state index is 0.139. The van der Waals surface area contributed by atoms with E-state index in [9.17, 15) is 4.79 Å². The molecule has 114 valence electrons. The van der Waals surface area contributed by atoms with Crippen LogP contribution in [-0.2, 0) is 11.3 Å². The molecular formula is C16H22N2O3. The van der Waals surface area contributed by atoms with Crippen LogP contribution >= 0.6 is 0 Å². The van der Waals surface area contributed by atoms with Gasteiger partial charge in [0.1, 0.15) is 0 Å². The van der Waals surface area contributed by atoms with Crippen molar-refractivity contribution in [2.45, 2.75) is 32.4 Å². The Balaban J connectivity index is 1.62. The normalized spacial score (nSPS) is 23.9. The van der Waals surface area contributed by atoms with Gasteiger partial charge in [-0.05, 0) is 44.0 Å². The molecule has 5 heteroatoms. The number of piperidine rings is 1. The summed E-state index contributed by atoms with van der Waals surface area (Å²) < 4.78 is 10.7. The first kappa shape index (κ1) is 14.2. The molecule has 2 aliphatic rings. The molecule has 2 atom stereocenters. The third kappa shape index (κ3) is 3.13. The Morgan fingerprint density at radius 1 is 1.38 bits per heavy atom. The van der Waals surface area contributed by atoms with Gasteiger partial charge in [-0.15, -0.1) is 0 Å². The summed E-state index contributed by atoms with van der Waals surface area (Å²) in [6, 6.07) is 6.27. The van der Waals surface area contributed by atoms with Gasteiger partial charge in [0.25, 0.3) is 0 Å². The number of nitrogens with zero attached hydrogens (tertiary/aromatic N) is 1. The summed E-state index contributed by atoms with van der Waals surface area (Å²) in [5.74, 6) is 1.92. The Bertz CT molecular complexity index is 532. The number of ether oxygens (including phenoxy) is 2. The van der Waals surface area contributed by atoms with Crippen LogP contribution in [0.1, 0.15) is 25.3 Å². The Labute approximate surface area is 125 Å². The van der Waals surface area contributed by atoms with Crippen LogP contribution in [0.4, 0.5) is 0 Å². The molecule has 5 nitrogen and oxygen atoms in total. The van der Waals surface area contributed by atoms with E-state index in [4.69, 9.17) is 9.47 Å². The van der Waals surface area contributed by atoms with Gasteiger partial charge in [-0.25, -0.2) is 0 Å². The summed E-state index contributed by atoms with van der Waals surface area (Å²) in [5, 5.41) is 3.38. The van der Waals surface area contributed by atoms with Crippen molar-refractivity contribution in [1.82, 2.24) is 10.2 Å². The molecule has 1 fully saturated rings. The van der Waals surface area contributed by atoms with Gasteiger partial charge in [0.05, 0.1) is 0 Å². The van der Waals surface area contributed by atoms with Crippen LogP contribution in [0.3, 0.4) is 0 Å². The zero-order chi connectivity index (χ0) is 14.8. The molecule has 21 heavy (non-hydrogen) atoms. The highest BCUT2D eigenvalue weighted by Crippen LogP contribution is 2.32. The van der Waals surface area contributed by atoms with Crippen LogP contribution in [0, 0.1) is 5.92 Å². The van der Waals surface area contributed by atoms with Crippen LogP contribution in [0.2, 0.25) is 0 Å². The Kier molecular flexibility index (Phi) is 4.01. The van der Waals surface area contributed by atoms with E-state index in [1.807, 2.05) is 30.1 Å². The summed E-state index contributed by atoms with van der Waals surface area (Å²) in [6.07, 6.45) is 1.85. The highest BCUT2D eigenvalue weighted by atomic mass is 16.7. The molecule has 0 spiro atoms. The van der Waals surface area contributed by atoms with Gasteiger partial charge in [0.15, 0.2) is 11.5 Å². The number of benzene rings is 1. The summed E-state index contributed by atoms with van der Waals surface area (Å²) in [4.78, 5) is 14.3. The molecule has 1 aromatic carbocycles. The highest BCUT2D eigenvalue weighted by molar-refractivity contribution is 5.78. The fourth-order valence-corrected chi connectivity index (χ4v) is 3.06. The van der Waals surface area contributed by atoms with E-state index in [-0.39, 0.29) is 18.6 Å². The third-order valence-electron chi connectivity index (χ3n) is 4.21. The predicted octanol–water partition coefficient (Wildman–Crippen LogP) is 1.76. The van der Waals surface area contributed by atoms with E-state index in [0.29, 0.717) is 12.6 Å². The van der Waals surface area contributed by atoms with Gasteiger partial charge in [-0.3, -0.25) is 4.79 Å². The molecule has 0 saturated carbocycles. The number of carbonyl (C=O) groups excluding carboxylic acids is 1. The summed E-state index contributed by atoms with van der Waals surface area (Å²) in [5.41, 5.74) is 1.07. The summed E-state index contributed by atoms with van der Waals surface area (Å²) in [6.45, 7) is 3.95. The van der Waals surface area contributed by atoms with Crippen molar-refractivity contribution in [2.24, 2.45) is 5.92 Å². The number of amides is 1. The topological polar surface area (TPSA) is 50.8 Å². The van der Waals surface area contributed by atoms with Crippen LogP contribution in [-0.4, -0.2) is 37.2 Å². The van der Waals surface area contributed by atoms with E-state index >= 15 is 0 Å². The maximum atomic E-state index is 12.5. The first-order chi connectivity index (χ1) is 10.1. The zero-order valence-corrected chi connectivity index (χ0v) is 12.6. The number of rotatable bonds is 3. The molecule has 1 amide bonds. The predicted molar refractivity (Wildman–Crippen MR) is 79.2 cm³/mol. The molecule has 0 aromatic heterocycles. The van der Waals surface area contributed by atoms with Crippen molar-refractivity contribution >= 4 is 5.91 Å². The first-order valence-corrected chi connectivity index (χ1v) is 7.50. The number of carbonyl (C=O) groups is 1. The quantitative estimate of drug-likeness (QED) is 0.921. The van der Waals surface area contributed by atoms with Crippen molar-refractivity contribution < 1.29 is 14.3 Å². The standard InChI is InChI=1S/C16H22N2O3/c1-11-7-13(5-6-17-11)16(19)18(2)9-12-3-4-14-15(8-12)21-10-20-14/h3-4,8,11,13,17H,5-7,9-10H2,1-2H3/t11-,13-/m0/s1. The maximum absolute atomic E-state index is 12.5. The molecule has 1 saturated heterocycles. The van der Waals surface area contributed by atoms with Crippen LogP contribution in [0.25, 0.3) is 0 Å². The van der Waals surface area contributed by atoms with Crippen molar-refractivity contribution in [3.63, 3.8) is 0 Å². The van der Waals surface area contributed by atoms with Gasteiger partial charge in [0, 0.05) is 25.6 Å². The van der Waals surface area contributed by atoms with Gasteiger partial charge < -0.3 is 19.7 Å². The largest absolute Gasteiger partial charge is 0.454 e. The monoisotopic (exact) mass is 290 g/mol. The van der Waals surface area contributed by atoms with Crippen molar-refractivity contribution in [1.29, 1.82) is 0 Å². The molecule has 0 bridgehead atoms. The van der Waals surface area contributed by atoms with Gasteiger partial charge >= 0.3 is 0 Å². The van der Waals surface area contributed by atoms with E-state index in [1.54, 1.807) is 0 Å². The van der Waals surface area contributed by atoms with Crippen LogP contribution in [0.15, 0.2) is 18.2 Å². The van der Waals surface area contributed by atoms with Crippen molar-refractivity contribution in [3.05, 3.63) is 23.8 Å². The average molecular weight is 290 g/mol. The smallest absolute Gasteiger partial charge is 0.231 e. The second-order valence-corrected chi connectivity index (χ2v) is 5.96. The first-order valence-electron chi connectivity index (χ1n) is 7.50. The molecule has 0 radical (unpaired) electrons. The Morgan fingerprint density at radius 2 is 2.19 bits per heavy atom. The molecule has 2 heterocycles. The fraction of sp³-hybridized carbons (Fsp3) is 0.562. The van der Waals surface area contributed by atoms with Crippen LogP contribution < -0.4 is 14.8 Å². The number of nitrogens with one attached hydrogen (secondary N) is 1.